The first-order chi connectivity index (χ1) is 21.9. The van der Waals surface area contributed by atoms with Crippen molar-refractivity contribution in [3.8, 4) is 0 Å². The summed E-state index contributed by atoms with van der Waals surface area (Å²) >= 11 is 0. The largest absolute Gasteiger partial charge is 0.439 e. The number of rotatable bonds is 7. The molecule has 2 aliphatic heterocycles. The second-order valence-corrected chi connectivity index (χ2v) is 12.7. The summed E-state index contributed by atoms with van der Waals surface area (Å²) in [5, 5.41) is 17.2. The van der Waals surface area contributed by atoms with Crippen molar-refractivity contribution in [2.75, 3.05) is 40.4 Å². The highest BCUT2D eigenvalue weighted by atomic mass is 16.6. The van der Waals surface area contributed by atoms with Gasteiger partial charge in [0, 0.05) is 50.4 Å². The lowest BCUT2D eigenvalue weighted by Gasteiger charge is -2.30. The maximum absolute atomic E-state index is 13.8. The lowest BCUT2D eigenvalue weighted by molar-refractivity contribution is -0.120. The van der Waals surface area contributed by atoms with E-state index in [1.165, 1.54) is 20.3 Å². The van der Waals surface area contributed by atoms with E-state index in [0.29, 0.717) is 42.5 Å². The van der Waals surface area contributed by atoms with Crippen molar-refractivity contribution >= 4 is 23.6 Å². The summed E-state index contributed by atoms with van der Waals surface area (Å²) in [6, 6.07) is 0. The Kier molecular flexibility index (Phi) is 14.2. The molecule has 2 bridgehead atoms. The van der Waals surface area contributed by atoms with Crippen LogP contribution in [0.4, 0.5) is 4.79 Å². The van der Waals surface area contributed by atoms with Crippen LogP contribution in [0.3, 0.4) is 0 Å². The Bertz CT molecular complexity index is 1250. The van der Waals surface area contributed by atoms with E-state index in [-0.39, 0.29) is 29.5 Å². The fourth-order valence-electron chi connectivity index (χ4n) is 6.43. The average Bonchev–Trinajstić information content (AvgIpc) is 3.53. The normalized spacial score (nSPS) is 31.8. The Morgan fingerprint density at radius 2 is 1.78 bits per heavy atom. The van der Waals surface area contributed by atoms with Crippen molar-refractivity contribution in [3.63, 3.8) is 0 Å². The average molecular weight is 645 g/mol. The molecule has 12 heteroatoms. The first-order valence-electron chi connectivity index (χ1n) is 16.2. The molecule has 3 rings (SSSR count). The number of ether oxygens (including phenoxy) is 3. The summed E-state index contributed by atoms with van der Waals surface area (Å²) < 4.78 is 16.8. The van der Waals surface area contributed by atoms with Crippen molar-refractivity contribution in [3.05, 3.63) is 46.3 Å². The third kappa shape index (κ3) is 10.1. The molecule has 46 heavy (non-hydrogen) atoms. The van der Waals surface area contributed by atoms with Crippen molar-refractivity contribution < 1.29 is 38.5 Å². The Morgan fingerprint density at radius 3 is 2.41 bits per heavy atom. The molecule has 5 N–H and O–H groups in total. The predicted octanol–water partition coefficient (Wildman–Crippen LogP) is 2.67. The van der Waals surface area contributed by atoms with Gasteiger partial charge in [0.2, 0.25) is 11.6 Å². The van der Waals surface area contributed by atoms with E-state index in [1.807, 2.05) is 19.9 Å². The highest BCUT2D eigenvalue weighted by Gasteiger charge is 2.34. The molecule has 2 amide bonds. The van der Waals surface area contributed by atoms with Crippen LogP contribution in [0.2, 0.25) is 0 Å². The summed E-state index contributed by atoms with van der Waals surface area (Å²) in [6.07, 6.45) is 4.47. The minimum Gasteiger partial charge on any atom is -0.439 e. The lowest BCUT2D eigenvalue weighted by atomic mass is 9.85. The van der Waals surface area contributed by atoms with Crippen molar-refractivity contribution in [1.82, 2.24) is 15.5 Å². The molecule has 3 aliphatic rings. The van der Waals surface area contributed by atoms with Gasteiger partial charge >= 0.3 is 6.09 Å². The standard InChI is InChI=1S/C34H52N4O8/c1-20-16-24-29(36-12-15-38-13-7-8-14-38)26(39)19-25(31(24)41)37-33(42)21(2)10-9-11-27(44-5)32(46-34(35)43)23(4)18-22(3)30(40)28(17-20)45-6/h10,18-20,22,27-28,30,32,36,40H,7-9,11-17H2,1-6H3,(H2,35,43)(H,37,42)/b21-10+,23-18+/t20-,22+,27?,28+,30-,32+/m1/s1. The molecule has 1 unspecified atom stereocenters. The number of fused-ring (bicyclic) bond motifs is 2. The minimum absolute atomic E-state index is 0.0746. The molecule has 256 valence electrons. The van der Waals surface area contributed by atoms with E-state index in [1.54, 1.807) is 19.9 Å². The van der Waals surface area contributed by atoms with Crippen LogP contribution in [-0.2, 0) is 28.6 Å². The number of amides is 2. The molecule has 2 heterocycles. The van der Waals surface area contributed by atoms with Crippen LogP contribution in [-0.4, -0.2) is 98.4 Å². The Balaban J connectivity index is 1.97. The van der Waals surface area contributed by atoms with Gasteiger partial charge in [-0.2, -0.15) is 0 Å². The Morgan fingerprint density at radius 1 is 1.11 bits per heavy atom. The molecule has 12 nitrogen and oxygen atoms in total. The summed E-state index contributed by atoms with van der Waals surface area (Å²) in [5.74, 6) is -1.88. The number of methoxy groups -OCH3 is 2. The number of allylic oxidation sites excluding steroid dienone is 3. The maximum Gasteiger partial charge on any atom is 0.405 e. The summed E-state index contributed by atoms with van der Waals surface area (Å²) in [4.78, 5) is 54.5. The number of aliphatic hydroxyl groups is 1. The van der Waals surface area contributed by atoms with Crippen LogP contribution >= 0.6 is 0 Å². The topological polar surface area (TPSA) is 170 Å². The van der Waals surface area contributed by atoms with Crippen LogP contribution in [0, 0.1) is 11.8 Å². The van der Waals surface area contributed by atoms with Crippen LogP contribution in [0.15, 0.2) is 46.3 Å². The van der Waals surface area contributed by atoms with Gasteiger partial charge in [0.05, 0.1) is 29.7 Å². The lowest BCUT2D eigenvalue weighted by Crippen LogP contribution is -2.38. The Hall–Kier alpha value is -3.32. The smallest absolute Gasteiger partial charge is 0.405 e. The molecule has 6 atom stereocenters. The second-order valence-electron chi connectivity index (χ2n) is 12.7. The number of carbonyl (C=O) groups is 4. The molecule has 0 aromatic carbocycles. The molecule has 0 aromatic rings. The molecule has 1 aliphatic carbocycles. The third-order valence-corrected chi connectivity index (χ3v) is 9.05. The zero-order chi connectivity index (χ0) is 34.0. The monoisotopic (exact) mass is 644 g/mol. The fourth-order valence-corrected chi connectivity index (χ4v) is 6.43. The van der Waals surface area contributed by atoms with Crippen molar-refractivity contribution in [2.45, 2.75) is 90.6 Å². The number of Topliss-reactive ketones (excluding diaryl/α,β-unsaturated/α-hetero) is 1. The molecule has 0 radical (unpaired) electrons. The number of aliphatic hydroxyl groups excluding tert-OH is 1. The molecular formula is C34H52N4O8. The van der Waals surface area contributed by atoms with Gasteiger partial charge in [0.15, 0.2) is 6.10 Å². The third-order valence-electron chi connectivity index (χ3n) is 9.05. The number of primary amides is 1. The van der Waals surface area contributed by atoms with Crippen molar-refractivity contribution in [1.29, 1.82) is 0 Å². The van der Waals surface area contributed by atoms with Crippen molar-refractivity contribution in [2.24, 2.45) is 17.6 Å². The number of carbonyl (C=O) groups excluding carboxylic acids is 4. The van der Waals surface area contributed by atoms with E-state index in [4.69, 9.17) is 19.9 Å². The van der Waals surface area contributed by atoms with Gasteiger partial charge < -0.3 is 40.6 Å². The van der Waals surface area contributed by atoms with Gasteiger partial charge in [-0.25, -0.2) is 4.79 Å². The van der Waals surface area contributed by atoms with Crippen LogP contribution < -0.4 is 16.4 Å². The second kappa shape index (κ2) is 17.6. The van der Waals surface area contributed by atoms with Gasteiger partial charge in [0.1, 0.15) is 0 Å². The molecular weight excluding hydrogens is 592 g/mol. The number of hydrogen-bond donors (Lipinski definition) is 4. The molecule has 0 spiro atoms. The van der Waals surface area contributed by atoms with Crippen LogP contribution in [0.5, 0.6) is 0 Å². The first-order valence-corrected chi connectivity index (χ1v) is 16.2. The first kappa shape index (κ1) is 37.1. The minimum atomic E-state index is -0.959. The summed E-state index contributed by atoms with van der Waals surface area (Å²) in [6.45, 7) is 10.5. The van der Waals surface area contributed by atoms with Gasteiger partial charge in [-0.05, 0) is 77.0 Å². The Labute approximate surface area is 272 Å². The fraction of sp³-hybridized carbons (Fsp3) is 0.647. The van der Waals surface area contributed by atoms with Gasteiger partial charge in [-0.15, -0.1) is 0 Å². The van der Waals surface area contributed by atoms with E-state index in [0.717, 1.165) is 32.5 Å². The van der Waals surface area contributed by atoms with E-state index < -0.39 is 48.1 Å². The number of nitrogens with zero attached hydrogens (tertiary/aromatic N) is 1. The summed E-state index contributed by atoms with van der Waals surface area (Å²) in [5.41, 5.74) is 6.87. The highest BCUT2D eigenvalue weighted by Crippen LogP contribution is 2.29. The van der Waals surface area contributed by atoms with Crippen LogP contribution in [0.1, 0.15) is 66.2 Å². The van der Waals surface area contributed by atoms with Crippen LogP contribution in [0.25, 0.3) is 0 Å². The summed E-state index contributed by atoms with van der Waals surface area (Å²) in [7, 11) is 3.01. The van der Waals surface area contributed by atoms with Gasteiger partial charge in [0.25, 0.3) is 5.91 Å². The quantitative estimate of drug-likeness (QED) is 0.239. The highest BCUT2D eigenvalue weighted by molar-refractivity contribution is 6.23. The SMILES string of the molecule is COC1CC/C=C(\C)C(=O)NC2=CC(=O)C(NCCN3CCCC3)=C(C[C@@H](C)C[C@H](OC)[C@H](O)[C@@H](C)/C=C(\C)[C@@H]1OC(N)=O)C2=O. The predicted molar refractivity (Wildman–Crippen MR) is 173 cm³/mol. The van der Waals surface area contributed by atoms with Gasteiger partial charge in [-0.3, -0.25) is 14.4 Å². The molecule has 1 fully saturated rings. The van der Waals surface area contributed by atoms with E-state index >= 15 is 0 Å². The zero-order valence-electron chi connectivity index (χ0n) is 28.1. The van der Waals surface area contributed by atoms with E-state index in [9.17, 15) is 24.3 Å². The zero-order valence-corrected chi connectivity index (χ0v) is 28.1. The number of hydrogen-bond acceptors (Lipinski definition) is 10. The molecule has 0 saturated carbocycles. The van der Waals surface area contributed by atoms with E-state index in [2.05, 4.69) is 15.5 Å². The molecule has 1 saturated heterocycles. The number of nitrogens with one attached hydrogen (secondary N) is 2. The molecule has 0 aromatic heterocycles. The maximum atomic E-state index is 13.8. The number of nitrogens with two attached hydrogens (primary N) is 1. The van der Waals surface area contributed by atoms with Gasteiger partial charge in [-0.1, -0.05) is 26.0 Å². The number of ketones is 2. The number of likely N-dealkylation sites (tertiary alicyclic amines) is 1.